The average molecular weight is 343 g/mol. The molecule has 128 valence electrons. The molecule has 2 amide bonds. The highest BCUT2D eigenvalue weighted by molar-refractivity contribution is 6.33. The lowest BCUT2D eigenvalue weighted by atomic mass is 9.92. The first kappa shape index (κ1) is 16.0. The van der Waals surface area contributed by atoms with Crippen molar-refractivity contribution >= 4 is 23.5 Å². The van der Waals surface area contributed by atoms with Gasteiger partial charge in [-0.2, -0.15) is 0 Å². The van der Waals surface area contributed by atoms with Gasteiger partial charge in [0.25, 0.3) is 11.8 Å². The van der Waals surface area contributed by atoms with Gasteiger partial charge in [-0.05, 0) is 36.4 Å². The molecule has 0 saturated carbocycles. The smallest absolute Gasteiger partial charge is 0.261 e. The third-order valence-corrected chi connectivity index (χ3v) is 4.49. The first-order valence-corrected chi connectivity index (χ1v) is 8.33. The molecule has 1 aliphatic rings. The van der Waals surface area contributed by atoms with E-state index < -0.39 is 0 Å². The van der Waals surface area contributed by atoms with Crippen LogP contribution in [-0.4, -0.2) is 26.3 Å². The van der Waals surface area contributed by atoms with Gasteiger partial charge < -0.3 is 4.57 Å². The molecule has 0 fully saturated rings. The van der Waals surface area contributed by atoms with E-state index in [1.807, 2.05) is 66.4 Å². The molecule has 0 saturated heterocycles. The number of pyridine rings is 1. The van der Waals surface area contributed by atoms with Crippen LogP contribution in [-0.2, 0) is 18.4 Å². The summed E-state index contributed by atoms with van der Waals surface area (Å²) in [6, 6.07) is 16.5. The second-order valence-electron chi connectivity index (χ2n) is 6.17. The Morgan fingerprint density at radius 2 is 1.69 bits per heavy atom. The van der Waals surface area contributed by atoms with Gasteiger partial charge in [-0.15, -0.1) is 0 Å². The predicted octanol–water partition coefficient (Wildman–Crippen LogP) is 3.14. The van der Waals surface area contributed by atoms with E-state index in [0.717, 1.165) is 5.69 Å². The van der Waals surface area contributed by atoms with Gasteiger partial charge in [-0.25, -0.2) is 0 Å². The first-order chi connectivity index (χ1) is 12.6. The van der Waals surface area contributed by atoms with Crippen molar-refractivity contribution in [1.29, 1.82) is 0 Å². The maximum atomic E-state index is 13.1. The van der Waals surface area contributed by atoms with Gasteiger partial charge in [0.1, 0.15) is 0 Å². The minimum absolute atomic E-state index is 0.150. The average Bonchev–Trinajstić information content (AvgIpc) is 3.08. The standard InChI is InChI=1S/C21H17N3O2/c1-23-12-6-8-16(23)13-19-17-9-2-3-10-18(17)20(25)24(21(19)26)14-15-7-4-5-11-22-15/h2-13H,14H2,1H3/b19-13-. The molecule has 0 aliphatic carbocycles. The molecule has 0 atom stereocenters. The number of nitrogens with zero attached hydrogens (tertiary/aromatic N) is 3. The van der Waals surface area contributed by atoms with E-state index in [-0.39, 0.29) is 18.4 Å². The summed E-state index contributed by atoms with van der Waals surface area (Å²) in [5, 5.41) is 0. The molecule has 4 rings (SSSR count). The van der Waals surface area contributed by atoms with Crippen LogP contribution in [0.1, 0.15) is 27.3 Å². The van der Waals surface area contributed by atoms with Crippen molar-refractivity contribution in [3.05, 3.63) is 89.5 Å². The van der Waals surface area contributed by atoms with Gasteiger partial charge in [0.15, 0.2) is 0 Å². The normalized spacial score (nSPS) is 15.4. The molecular weight excluding hydrogens is 326 g/mol. The van der Waals surface area contributed by atoms with Crippen molar-refractivity contribution in [2.45, 2.75) is 6.54 Å². The van der Waals surface area contributed by atoms with Gasteiger partial charge in [-0.1, -0.05) is 24.3 Å². The fourth-order valence-corrected chi connectivity index (χ4v) is 3.11. The zero-order chi connectivity index (χ0) is 18.1. The largest absolute Gasteiger partial charge is 0.351 e. The Morgan fingerprint density at radius 3 is 2.38 bits per heavy atom. The molecule has 3 heterocycles. The summed E-state index contributed by atoms with van der Waals surface area (Å²) in [7, 11) is 1.92. The number of aryl methyl sites for hydroxylation is 1. The Labute approximate surface area is 151 Å². The van der Waals surface area contributed by atoms with E-state index in [2.05, 4.69) is 4.98 Å². The second kappa shape index (κ2) is 6.44. The summed E-state index contributed by atoms with van der Waals surface area (Å²) in [4.78, 5) is 31.5. The van der Waals surface area contributed by atoms with Crippen LogP contribution in [0.2, 0.25) is 0 Å². The number of fused-ring (bicyclic) bond motifs is 1. The van der Waals surface area contributed by atoms with Crippen molar-refractivity contribution in [3.63, 3.8) is 0 Å². The van der Waals surface area contributed by atoms with Crippen LogP contribution in [0.3, 0.4) is 0 Å². The molecule has 0 radical (unpaired) electrons. The number of amides is 2. The fraction of sp³-hybridized carbons (Fsp3) is 0.0952. The SMILES string of the molecule is Cn1cccc1/C=C1\C(=O)N(Cc2ccccn2)C(=O)c2ccccc21. The first-order valence-electron chi connectivity index (χ1n) is 8.33. The number of hydrogen-bond acceptors (Lipinski definition) is 3. The molecular formula is C21H17N3O2. The van der Waals surface area contributed by atoms with Crippen LogP contribution >= 0.6 is 0 Å². The number of aromatic nitrogens is 2. The Kier molecular flexibility index (Phi) is 3.97. The highest BCUT2D eigenvalue weighted by Gasteiger charge is 2.34. The maximum absolute atomic E-state index is 13.1. The van der Waals surface area contributed by atoms with Crippen molar-refractivity contribution < 1.29 is 9.59 Å². The van der Waals surface area contributed by atoms with E-state index in [0.29, 0.717) is 22.4 Å². The molecule has 0 bridgehead atoms. The van der Waals surface area contributed by atoms with Gasteiger partial charge in [-0.3, -0.25) is 19.5 Å². The second-order valence-corrected chi connectivity index (χ2v) is 6.17. The number of benzene rings is 1. The van der Waals surface area contributed by atoms with Gasteiger partial charge in [0, 0.05) is 36.3 Å². The van der Waals surface area contributed by atoms with Crippen molar-refractivity contribution in [1.82, 2.24) is 14.5 Å². The number of rotatable bonds is 3. The van der Waals surface area contributed by atoms with E-state index in [9.17, 15) is 9.59 Å². The van der Waals surface area contributed by atoms with E-state index in [1.165, 1.54) is 4.90 Å². The monoisotopic (exact) mass is 343 g/mol. The summed E-state index contributed by atoms with van der Waals surface area (Å²) in [6.07, 6.45) is 5.41. The summed E-state index contributed by atoms with van der Waals surface area (Å²) in [6.45, 7) is 0.150. The summed E-state index contributed by atoms with van der Waals surface area (Å²) in [5.41, 5.74) is 3.28. The van der Waals surface area contributed by atoms with E-state index in [4.69, 9.17) is 0 Å². The van der Waals surface area contributed by atoms with Crippen molar-refractivity contribution in [2.75, 3.05) is 0 Å². The molecule has 5 heteroatoms. The lowest BCUT2D eigenvalue weighted by molar-refractivity contribution is -0.123. The van der Waals surface area contributed by atoms with Crippen LogP contribution < -0.4 is 0 Å². The van der Waals surface area contributed by atoms with Crippen LogP contribution in [0.5, 0.6) is 0 Å². The minimum atomic E-state index is -0.305. The quantitative estimate of drug-likeness (QED) is 0.542. The molecule has 3 aromatic rings. The van der Waals surface area contributed by atoms with Gasteiger partial charge in [0.05, 0.1) is 17.8 Å². The maximum Gasteiger partial charge on any atom is 0.261 e. The lowest BCUT2D eigenvalue weighted by Gasteiger charge is -2.28. The van der Waals surface area contributed by atoms with Crippen LogP contribution in [0.15, 0.2) is 67.0 Å². The number of carbonyl (C=O) groups is 2. The zero-order valence-corrected chi connectivity index (χ0v) is 14.3. The van der Waals surface area contributed by atoms with Crippen LogP contribution in [0, 0.1) is 0 Å². The molecule has 0 unspecified atom stereocenters. The van der Waals surface area contributed by atoms with Crippen molar-refractivity contribution in [3.8, 4) is 0 Å². The summed E-state index contributed by atoms with van der Waals surface area (Å²) >= 11 is 0. The Bertz CT molecular complexity index is 1020. The van der Waals surface area contributed by atoms with Crippen LogP contribution in [0.4, 0.5) is 0 Å². The van der Waals surface area contributed by atoms with Gasteiger partial charge in [0.2, 0.25) is 0 Å². The molecule has 26 heavy (non-hydrogen) atoms. The molecule has 0 N–H and O–H groups in total. The highest BCUT2D eigenvalue weighted by atomic mass is 16.2. The van der Waals surface area contributed by atoms with E-state index in [1.54, 1.807) is 18.3 Å². The number of carbonyl (C=O) groups excluding carboxylic acids is 2. The minimum Gasteiger partial charge on any atom is -0.351 e. The molecule has 1 aromatic carbocycles. The third-order valence-electron chi connectivity index (χ3n) is 4.49. The summed E-state index contributed by atoms with van der Waals surface area (Å²) < 4.78 is 1.93. The van der Waals surface area contributed by atoms with Gasteiger partial charge >= 0.3 is 0 Å². The highest BCUT2D eigenvalue weighted by Crippen LogP contribution is 2.31. The van der Waals surface area contributed by atoms with Crippen molar-refractivity contribution in [2.24, 2.45) is 7.05 Å². The van der Waals surface area contributed by atoms with Crippen LogP contribution in [0.25, 0.3) is 11.6 Å². The lowest BCUT2D eigenvalue weighted by Crippen LogP contribution is -2.41. The molecule has 0 spiro atoms. The molecule has 5 nitrogen and oxygen atoms in total. The topological polar surface area (TPSA) is 55.2 Å². The Morgan fingerprint density at radius 1 is 0.923 bits per heavy atom. The Hall–Kier alpha value is -3.47. The van der Waals surface area contributed by atoms with E-state index >= 15 is 0 Å². The fourth-order valence-electron chi connectivity index (χ4n) is 3.11. The summed E-state index contributed by atoms with van der Waals surface area (Å²) in [5.74, 6) is -0.596. The number of hydrogen-bond donors (Lipinski definition) is 0. The molecule has 1 aliphatic heterocycles. The number of imide groups is 1. The molecule has 2 aromatic heterocycles. The predicted molar refractivity (Wildman–Crippen MR) is 98.8 cm³/mol. The Balaban J connectivity index is 1.82. The third kappa shape index (κ3) is 2.73. The zero-order valence-electron chi connectivity index (χ0n) is 14.3.